The van der Waals surface area contributed by atoms with Crippen molar-refractivity contribution < 1.29 is 9.53 Å². The van der Waals surface area contributed by atoms with E-state index in [2.05, 4.69) is 49.8 Å². The van der Waals surface area contributed by atoms with Crippen LogP contribution in [0.25, 0.3) is 0 Å². The zero-order chi connectivity index (χ0) is 14.0. The van der Waals surface area contributed by atoms with Crippen LogP contribution >= 0.6 is 55.8 Å². The van der Waals surface area contributed by atoms with Gasteiger partial charge in [-0.1, -0.05) is 0 Å². The molecule has 0 spiro atoms. The van der Waals surface area contributed by atoms with Crippen molar-refractivity contribution >= 4 is 67.4 Å². The van der Waals surface area contributed by atoms with Gasteiger partial charge in [0.15, 0.2) is 0 Å². The molecule has 0 aliphatic heterocycles. The average Bonchev–Trinajstić information content (AvgIpc) is 2.79. The Morgan fingerprint density at radius 3 is 2.63 bits per heavy atom. The van der Waals surface area contributed by atoms with Gasteiger partial charge in [-0.3, -0.25) is 4.79 Å². The highest BCUT2D eigenvalue weighted by molar-refractivity contribution is 9.11. The third-order valence-electron chi connectivity index (χ3n) is 2.30. The smallest absolute Gasteiger partial charge is 0.265 e. The minimum atomic E-state index is -0.171. The molecule has 0 fully saturated rings. The number of carbonyl (C=O) groups is 1. The minimum absolute atomic E-state index is 0.171. The summed E-state index contributed by atoms with van der Waals surface area (Å²) in [6.45, 7) is 0. The molecular formula is C12H9Br2NO2S2. The second-order valence-electron chi connectivity index (χ2n) is 3.59. The Bertz CT molecular complexity index is 628. The molecule has 100 valence electrons. The van der Waals surface area contributed by atoms with Crippen molar-refractivity contribution in [2.75, 3.05) is 12.4 Å². The molecule has 19 heavy (non-hydrogen) atoms. The van der Waals surface area contributed by atoms with Crippen LogP contribution in [0.15, 0.2) is 37.4 Å². The number of ether oxygens (including phenoxy) is 1. The van der Waals surface area contributed by atoms with Crippen molar-refractivity contribution in [3.05, 3.63) is 37.4 Å². The summed E-state index contributed by atoms with van der Waals surface area (Å²) in [5.74, 6) is 0.481. The van der Waals surface area contributed by atoms with Gasteiger partial charge in [-0.05, 0) is 44.0 Å². The van der Waals surface area contributed by atoms with Crippen LogP contribution < -0.4 is 10.1 Å². The number of hydrogen-bond acceptors (Lipinski definition) is 4. The van der Waals surface area contributed by atoms with Gasteiger partial charge in [0, 0.05) is 20.8 Å². The summed E-state index contributed by atoms with van der Waals surface area (Å²) in [4.78, 5) is 13.4. The summed E-state index contributed by atoms with van der Waals surface area (Å²) in [6.07, 6.45) is 0. The van der Waals surface area contributed by atoms with Crippen LogP contribution in [0, 0.1) is 0 Å². The third-order valence-corrected chi connectivity index (χ3v) is 4.94. The number of thiophene rings is 1. The van der Waals surface area contributed by atoms with Gasteiger partial charge in [0.2, 0.25) is 0 Å². The van der Waals surface area contributed by atoms with Gasteiger partial charge in [-0.15, -0.1) is 24.0 Å². The Morgan fingerprint density at radius 2 is 2.05 bits per heavy atom. The number of benzene rings is 1. The second-order valence-corrected chi connectivity index (χ2v) is 6.73. The van der Waals surface area contributed by atoms with Crippen LogP contribution in [0.2, 0.25) is 0 Å². The molecule has 1 amide bonds. The van der Waals surface area contributed by atoms with E-state index in [0.717, 1.165) is 13.8 Å². The number of rotatable bonds is 3. The van der Waals surface area contributed by atoms with Crippen LogP contribution in [0.5, 0.6) is 5.75 Å². The van der Waals surface area contributed by atoms with Crippen molar-refractivity contribution in [1.29, 1.82) is 0 Å². The summed E-state index contributed by atoms with van der Waals surface area (Å²) in [5.41, 5.74) is 0.652. The van der Waals surface area contributed by atoms with Crippen molar-refractivity contribution in [2.45, 2.75) is 4.90 Å². The summed E-state index contributed by atoms with van der Waals surface area (Å²) in [6, 6.07) is 5.31. The number of nitrogens with one attached hydrogen (secondary N) is 1. The molecule has 1 N–H and O–H groups in total. The third kappa shape index (κ3) is 3.53. The highest BCUT2D eigenvalue weighted by Gasteiger charge is 2.13. The Labute approximate surface area is 137 Å². The fourth-order valence-corrected chi connectivity index (χ4v) is 3.71. The van der Waals surface area contributed by atoms with Crippen LogP contribution in [0.1, 0.15) is 9.67 Å². The molecule has 0 atom stereocenters. The van der Waals surface area contributed by atoms with Crippen LogP contribution in [-0.4, -0.2) is 13.0 Å². The maximum Gasteiger partial charge on any atom is 0.265 e. The highest BCUT2D eigenvalue weighted by Crippen LogP contribution is 2.35. The molecule has 2 rings (SSSR count). The number of carbonyl (C=O) groups excluding carboxylic acids is 1. The first-order chi connectivity index (χ1) is 9.01. The summed E-state index contributed by atoms with van der Waals surface area (Å²) in [7, 11) is 1.58. The molecule has 1 aromatic carbocycles. The lowest BCUT2D eigenvalue weighted by Crippen LogP contribution is -2.10. The van der Waals surface area contributed by atoms with Crippen LogP contribution in [-0.2, 0) is 0 Å². The molecule has 1 heterocycles. The summed E-state index contributed by atoms with van der Waals surface area (Å²) in [5, 5.41) is 4.65. The number of anilines is 1. The standard InChI is InChI=1S/C12H9Br2NO2S2/c1-17-10-4-9(7(13)3-8(10)14)15-12(16)11-2-6(18)5-19-11/h2-5,18H,1H3,(H,15,16). The second kappa shape index (κ2) is 6.30. The molecular weight excluding hydrogens is 414 g/mol. The average molecular weight is 423 g/mol. The Kier molecular flexibility index (Phi) is 4.94. The lowest BCUT2D eigenvalue weighted by Gasteiger charge is -2.10. The number of methoxy groups -OCH3 is 1. The van der Waals surface area contributed by atoms with Gasteiger partial charge in [0.1, 0.15) is 5.75 Å². The summed E-state index contributed by atoms with van der Waals surface area (Å²) >= 11 is 12.3. The van der Waals surface area contributed by atoms with Gasteiger partial charge in [0.05, 0.1) is 22.1 Å². The molecule has 3 nitrogen and oxygen atoms in total. The topological polar surface area (TPSA) is 38.3 Å². The van der Waals surface area contributed by atoms with Gasteiger partial charge in [-0.2, -0.15) is 0 Å². The normalized spacial score (nSPS) is 10.3. The van der Waals surface area contributed by atoms with Crippen molar-refractivity contribution in [3.63, 3.8) is 0 Å². The van der Waals surface area contributed by atoms with Crippen molar-refractivity contribution in [3.8, 4) is 5.75 Å². The first-order valence-corrected chi connectivity index (χ1v) is 8.04. The molecule has 0 radical (unpaired) electrons. The quantitative estimate of drug-likeness (QED) is 0.695. The molecule has 0 unspecified atom stereocenters. The fraction of sp³-hybridized carbons (Fsp3) is 0.0833. The van der Waals surface area contributed by atoms with Gasteiger partial charge >= 0.3 is 0 Å². The Morgan fingerprint density at radius 1 is 1.32 bits per heavy atom. The van der Waals surface area contributed by atoms with E-state index in [-0.39, 0.29) is 5.91 Å². The van der Waals surface area contributed by atoms with E-state index in [1.807, 2.05) is 11.4 Å². The molecule has 0 aliphatic carbocycles. The zero-order valence-corrected chi connectivity index (χ0v) is 14.6. The van der Waals surface area contributed by atoms with Gasteiger partial charge in [-0.25, -0.2) is 0 Å². The van der Waals surface area contributed by atoms with Crippen molar-refractivity contribution in [1.82, 2.24) is 0 Å². The van der Waals surface area contributed by atoms with Gasteiger partial charge < -0.3 is 10.1 Å². The molecule has 7 heteroatoms. The lowest BCUT2D eigenvalue weighted by atomic mass is 10.3. The summed E-state index contributed by atoms with van der Waals surface area (Å²) < 4.78 is 6.79. The lowest BCUT2D eigenvalue weighted by molar-refractivity contribution is 0.103. The predicted octanol–water partition coefficient (Wildman–Crippen LogP) is 4.82. The zero-order valence-electron chi connectivity index (χ0n) is 9.74. The number of halogens is 2. The van der Waals surface area contributed by atoms with Crippen LogP contribution in [0.3, 0.4) is 0 Å². The molecule has 2 aromatic rings. The fourth-order valence-electron chi connectivity index (χ4n) is 1.41. The first kappa shape index (κ1) is 14.9. The van der Waals surface area contributed by atoms with E-state index in [1.165, 1.54) is 11.3 Å². The molecule has 0 bridgehead atoms. The van der Waals surface area contributed by atoms with E-state index in [9.17, 15) is 4.79 Å². The van der Waals surface area contributed by atoms with Crippen LogP contribution in [0.4, 0.5) is 5.69 Å². The van der Waals surface area contributed by atoms with Gasteiger partial charge in [0.25, 0.3) is 5.91 Å². The maximum atomic E-state index is 12.1. The van der Waals surface area contributed by atoms with E-state index in [0.29, 0.717) is 16.3 Å². The Hall–Kier alpha value is -0.500. The molecule has 0 aliphatic rings. The highest BCUT2D eigenvalue weighted by atomic mass is 79.9. The SMILES string of the molecule is COc1cc(NC(=O)c2cc(S)cs2)c(Br)cc1Br. The molecule has 0 saturated carbocycles. The predicted molar refractivity (Wildman–Crippen MR) is 87.9 cm³/mol. The van der Waals surface area contributed by atoms with Crippen molar-refractivity contribution in [2.24, 2.45) is 0 Å². The maximum absolute atomic E-state index is 12.1. The first-order valence-electron chi connectivity index (χ1n) is 5.13. The minimum Gasteiger partial charge on any atom is -0.495 e. The number of amides is 1. The molecule has 1 aromatic heterocycles. The van der Waals surface area contributed by atoms with E-state index in [4.69, 9.17) is 4.74 Å². The monoisotopic (exact) mass is 421 g/mol. The number of thiol groups is 1. The Balaban J connectivity index is 2.26. The largest absolute Gasteiger partial charge is 0.495 e. The van der Waals surface area contributed by atoms with E-state index in [1.54, 1.807) is 19.2 Å². The molecule has 0 saturated heterocycles. The van der Waals surface area contributed by atoms with E-state index >= 15 is 0 Å². The number of hydrogen-bond donors (Lipinski definition) is 2. The van der Waals surface area contributed by atoms with E-state index < -0.39 is 0 Å².